The van der Waals surface area contributed by atoms with Crippen LogP contribution in [0.5, 0.6) is 0 Å². The van der Waals surface area contributed by atoms with Crippen molar-refractivity contribution < 1.29 is 4.43 Å². The normalized spacial score (nSPS) is 11.2. The van der Waals surface area contributed by atoms with Gasteiger partial charge in [-0.05, 0) is 25.6 Å². The lowest BCUT2D eigenvalue weighted by atomic mass is 10.3. The second kappa shape index (κ2) is 7.17. The average molecular weight is 198 g/mol. The number of hydrogen-bond acceptors (Lipinski definition) is 1. The summed E-state index contributed by atoms with van der Waals surface area (Å²) >= 11 is 0. The lowest BCUT2D eigenvalue weighted by molar-refractivity contribution is 0.301. The topological polar surface area (TPSA) is 9.23 Å². The summed E-state index contributed by atoms with van der Waals surface area (Å²) in [5, 5.41) is 0. The molecule has 0 saturated heterocycles. The molecule has 2 heteroatoms. The van der Waals surface area contributed by atoms with Crippen LogP contribution in [-0.4, -0.2) is 14.9 Å². The minimum Gasteiger partial charge on any atom is -0.417 e. The third kappa shape index (κ3) is 8.08. The first-order chi connectivity index (χ1) is 6.12. The highest BCUT2D eigenvalue weighted by Gasteiger charge is 2.20. The van der Waals surface area contributed by atoms with Gasteiger partial charge in [0, 0.05) is 13.0 Å². The van der Waals surface area contributed by atoms with Crippen LogP contribution >= 0.6 is 0 Å². The van der Waals surface area contributed by atoms with E-state index in [1.165, 1.54) is 18.9 Å². The van der Waals surface area contributed by atoms with Gasteiger partial charge in [-0.25, -0.2) is 0 Å². The Morgan fingerprint density at radius 2 is 2.00 bits per heavy atom. The number of unbranched alkanes of at least 4 members (excludes halogenated alkanes) is 2. The van der Waals surface area contributed by atoms with Gasteiger partial charge in [-0.1, -0.05) is 19.8 Å². The highest BCUT2D eigenvalue weighted by atomic mass is 28.4. The lowest BCUT2D eigenvalue weighted by Crippen LogP contribution is -2.30. The molecule has 0 fully saturated rings. The SMILES string of the molecule is C#CCCCO[Si](C)(C)CCCC. The fourth-order valence-electron chi connectivity index (χ4n) is 1.20. The minimum absolute atomic E-state index is 0.845. The van der Waals surface area contributed by atoms with E-state index in [9.17, 15) is 0 Å². The summed E-state index contributed by atoms with van der Waals surface area (Å²) in [6, 6.07) is 1.28. The van der Waals surface area contributed by atoms with Crippen LogP contribution in [0.25, 0.3) is 0 Å². The van der Waals surface area contributed by atoms with E-state index in [-0.39, 0.29) is 0 Å². The predicted octanol–water partition coefficient (Wildman–Crippen LogP) is 3.42. The van der Waals surface area contributed by atoms with Crippen LogP contribution in [0.3, 0.4) is 0 Å². The van der Waals surface area contributed by atoms with Gasteiger partial charge in [-0.3, -0.25) is 0 Å². The highest BCUT2D eigenvalue weighted by Crippen LogP contribution is 2.15. The molecular weight excluding hydrogens is 176 g/mol. The molecule has 0 aromatic rings. The van der Waals surface area contributed by atoms with Gasteiger partial charge in [0.05, 0.1) is 0 Å². The van der Waals surface area contributed by atoms with Crippen molar-refractivity contribution in [2.45, 2.75) is 51.7 Å². The molecule has 0 unspecified atom stereocenters. The van der Waals surface area contributed by atoms with Gasteiger partial charge >= 0.3 is 0 Å². The summed E-state index contributed by atoms with van der Waals surface area (Å²) in [6.07, 6.45) is 9.59. The van der Waals surface area contributed by atoms with E-state index in [4.69, 9.17) is 10.8 Å². The van der Waals surface area contributed by atoms with E-state index in [1.54, 1.807) is 0 Å². The number of rotatable bonds is 7. The first-order valence-electron chi connectivity index (χ1n) is 5.20. The van der Waals surface area contributed by atoms with Gasteiger partial charge in [-0.2, -0.15) is 0 Å². The molecule has 0 heterocycles. The van der Waals surface area contributed by atoms with Gasteiger partial charge in [0.25, 0.3) is 0 Å². The Bertz CT molecular complexity index is 158. The summed E-state index contributed by atoms with van der Waals surface area (Å²) < 4.78 is 5.88. The van der Waals surface area contributed by atoms with E-state index < -0.39 is 8.32 Å². The Morgan fingerprint density at radius 3 is 2.54 bits per heavy atom. The molecule has 0 bridgehead atoms. The highest BCUT2D eigenvalue weighted by molar-refractivity contribution is 6.71. The summed E-state index contributed by atoms with van der Waals surface area (Å²) in [4.78, 5) is 0. The molecule has 0 N–H and O–H groups in total. The Balaban J connectivity index is 3.45. The molecule has 0 amide bonds. The zero-order chi connectivity index (χ0) is 10.2. The van der Waals surface area contributed by atoms with Crippen LogP contribution in [0.1, 0.15) is 32.6 Å². The molecule has 0 spiro atoms. The van der Waals surface area contributed by atoms with Crippen LogP contribution < -0.4 is 0 Å². The molecule has 0 aromatic heterocycles. The first kappa shape index (κ1) is 12.7. The molecule has 0 aliphatic heterocycles. The summed E-state index contributed by atoms with van der Waals surface area (Å²) in [5.74, 6) is 2.63. The van der Waals surface area contributed by atoms with Crippen LogP contribution in [0.4, 0.5) is 0 Å². The van der Waals surface area contributed by atoms with Crippen molar-refractivity contribution in [1.82, 2.24) is 0 Å². The molecule has 1 nitrogen and oxygen atoms in total. The zero-order valence-corrected chi connectivity index (χ0v) is 10.2. The minimum atomic E-state index is -1.34. The van der Waals surface area contributed by atoms with Gasteiger partial charge in [0.2, 0.25) is 0 Å². The van der Waals surface area contributed by atoms with Crippen molar-refractivity contribution in [2.75, 3.05) is 6.61 Å². The second-order valence-electron chi connectivity index (χ2n) is 4.02. The smallest absolute Gasteiger partial charge is 0.186 e. The Morgan fingerprint density at radius 1 is 1.31 bits per heavy atom. The predicted molar refractivity (Wildman–Crippen MR) is 61.2 cm³/mol. The third-order valence-corrected chi connectivity index (χ3v) is 4.63. The third-order valence-electron chi connectivity index (χ3n) is 2.09. The molecule has 0 aromatic carbocycles. The Hall–Kier alpha value is -0.263. The van der Waals surface area contributed by atoms with Gasteiger partial charge in [0.15, 0.2) is 8.32 Å². The standard InChI is InChI=1S/C11H22OSi/c1-5-7-9-10-12-13(3,4)11-8-6-2/h1H,6-11H2,2-4H3. The monoisotopic (exact) mass is 198 g/mol. The molecule has 0 aliphatic carbocycles. The summed E-state index contributed by atoms with van der Waals surface area (Å²) in [5.41, 5.74) is 0. The van der Waals surface area contributed by atoms with Gasteiger partial charge in [0.1, 0.15) is 0 Å². The molecule has 13 heavy (non-hydrogen) atoms. The van der Waals surface area contributed by atoms with E-state index in [2.05, 4.69) is 25.9 Å². The van der Waals surface area contributed by atoms with E-state index in [1.807, 2.05) is 0 Å². The maximum absolute atomic E-state index is 5.88. The second-order valence-corrected chi connectivity index (χ2v) is 8.33. The molecule has 0 saturated carbocycles. The number of hydrogen-bond donors (Lipinski definition) is 0. The average Bonchev–Trinajstić information content (AvgIpc) is 2.09. The van der Waals surface area contributed by atoms with Crippen molar-refractivity contribution in [3.8, 4) is 12.3 Å². The Labute approximate surface area is 84.0 Å². The van der Waals surface area contributed by atoms with Crippen molar-refractivity contribution >= 4 is 8.32 Å². The van der Waals surface area contributed by atoms with Crippen LogP contribution in [0.15, 0.2) is 0 Å². The summed E-state index contributed by atoms with van der Waals surface area (Å²) in [6.45, 7) is 7.66. The van der Waals surface area contributed by atoms with Crippen molar-refractivity contribution in [3.05, 3.63) is 0 Å². The summed E-state index contributed by atoms with van der Waals surface area (Å²) in [7, 11) is -1.34. The van der Waals surface area contributed by atoms with Crippen molar-refractivity contribution in [3.63, 3.8) is 0 Å². The first-order valence-corrected chi connectivity index (χ1v) is 8.31. The molecule has 0 aliphatic rings. The maximum Gasteiger partial charge on any atom is 0.186 e. The molecule has 0 radical (unpaired) electrons. The molecular formula is C11H22OSi. The molecule has 76 valence electrons. The van der Waals surface area contributed by atoms with Gasteiger partial charge < -0.3 is 4.43 Å². The molecule has 0 rings (SSSR count). The van der Waals surface area contributed by atoms with Crippen LogP contribution in [0, 0.1) is 12.3 Å². The van der Waals surface area contributed by atoms with E-state index in [0.717, 1.165) is 19.4 Å². The fourth-order valence-corrected chi connectivity index (χ4v) is 3.24. The maximum atomic E-state index is 5.88. The number of terminal acetylenes is 1. The Kier molecular flexibility index (Phi) is 7.03. The quantitative estimate of drug-likeness (QED) is 0.346. The van der Waals surface area contributed by atoms with E-state index >= 15 is 0 Å². The molecule has 0 atom stereocenters. The fraction of sp³-hybridized carbons (Fsp3) is 0.818. The van der Waals surface area contributed by atoms with Crippen molar-refractivity contribution in [1.29, 1.82) is 0 Å². The largest absolute Gasteiger partial charge is 0.417 e. The zero-order valence-electron chi connectivity index (χ0n) is 9.23. The van der Waals surface area contributed by atoms with Crippen LogP contribution in [0.2, 0.25) is 19.1 Å². The van der Waals surface area contributed by atoms with Gasteiger partial charge in [-0.15, -0.1) is 12.3 Å². The van der Waals surface area contributed by atoms with E-state index in [0.29, 0.717) is 0 Å². The lowest BCUT2D eigenvalue weighted by Gasteiger charge is -2.22. The van der Waals surface area contributed by atoms with Crippen LogP contribution in [-0.2, 0) is 4.43 Å². The van der Waals surface area contributed by atoms with Crippen molar-refractivity contribution in [2.24, 2.45) is 0 Å².